The zero-order valence-corrected chi connectivity index (χ0v) is 11.1. The summed E-state index contributed by atoms with van der Waals surface area (Å²) in [4.78, 5) is 13.5. The van der Waals surface area contributed by atoms with E-state index in [1.54, 1.807) is 0 Å². The molecule has 98 valence electrons. The lowest BCUT2D eigenvalue weighted by molar-refractivity contribution is -0.142. The largest absolute Gasteiger partial charge is 0.468 e. The Kier molecular flexibility index (Phi) is 6.15. The van der Waals surface area contributed by atoms with E-state index in [2.05, 4.69) is 30.5 Å². The van der Waals surface area contributed by atoms with Gasteiger partial charge < -0.3 is 4.74 Å². The van der Waals surface area contributed by atoms with Gasteiger partial charge in [-0.05, 0) is 11.5 Å². The summed E-state index contributed by atoms with van der Waals surface area (Å²) in [6.07, 6.45) is 1.90. The molecule has 0 amide bonds. The van der Waals surface area contributed by atoms with E-state index >= 15 is 0 Å². The van der Waals surface area contributed by atoms with Crippen LogP contribution in [0.4, 0.5) is 0 Å². The molecule has 0 radical (unpaired) electrons. The molecule has 0 aliphatic carbocycles. The van der Waals surface area contributed by atoms with Crippen LogP contribution in [0.5, 0.6) is 0 Å². The Morgan fingerprint density at radius 2 is 2.11 bits per heavy atom. The maximum absolute atomic E-state index is 11.4. The number of benzene rings is 1. The molecule has 0 spiro atoms. The Morgan fingerprint density at radius 3 is 2.67 bits per heavy atom. The lowest BCUT2D eigenvalue weighted by Crippen LogP contribution is -2.33. The normalized spacial score (nSPS) is 12.2. The predicted molar refractivity (Wildman–Crippen MR) is 73.1 cm³/mol. The molecule has 0 aliphatic rings. The van der Waals surface area contributed by atoms with Gasteiger partial charge in [0, 0.05) is 13.1 Å². The van der Waals surface area contributed by atoms with Gasteiger partial charge in [-0.25, -0.2) is 0 Å². The second-order valence-corrected chi connectivity index (χ2v) is 4.44. The summed E-state index contributed by atoms with van der Waals surface area (Å²) in [5.41, 5.74) is 1.19. The second kappa shape index (κ2) is 7.67. The summed E-state index contributed by atoms with van der Waals surface area (Å²) in [5, 5.41) is 0. The van der Waals surface area contributed by atoms with Gasteiger partial charge in [-0.2, -0.15) is 0 Å². The van der Waals surface area contributed by atoms with E-state index in [1.807, 2.05) is 24.3 Å². The summed E-state index contributed by atoms with van der Waals surface area (Å²) in [7, 11) is 1.42. The first-order valence-electron chi connectivity index (χ1n) is 6.11. The summed E-state index contributed by atoms with van der Waals surface area (Å²) in [5.74, 6) is 0.139. The topological polar surface area (TPSA) is 29.5 Å². The highest BCUT2D eigenvalue weighted by Crippen LogP contribution is 2.08. The number of methoxy groups -OCH3 is 1. The van der Waals surface area contributed by atoms with E-state index in [4.69, 9.17) is 4.74 Å². The third kappa shape index (κ3) is 5.15. The Labute approximate surface area is 109 Å². The maximum Gasteiger partial charge on any atom is 0.319 e. The number of carbonyl (C=O) groups excluding carboxylic acids is 1. The van der Waals surface area contributed by atoms with E-state index < -0.39 is 0 Å². The van der Waals surface area contributed by atoms with E-state index in [-0.39, 0.29) is 5.97 Å². The molecule has 1 atom stereocenters. The average Bonchev–Trinajstić information content (AvgIpc) is 2.39. The van der Waals surface area contributed by atoms with Crippen molar-refractivity contribution in [1.29, 1.82) is 0 Å². The monoisotopic (exact) mass is 247 g/mol. The van der Waals surface area contributed by atoms with Gasteiger partial charge in [0.05, 0.1) is 13.7 Å². The van der Waals surface area contributed by atoms with Gasteiger partial charge in [0.1, 0.15) is 0 Å². The van der Waals surface area contributed by atoms with Gasteiger partial charge in [-0.1, -0.05) is 43.3 Å². The van der Waals surface area contributed by atoms with E-state index in [0.29, 0.717) is 12.5 Å². The first kappa shape index (κ1) is 14.5. The highest BCUT2D eigenvalue weighted by molar-refractivity contribution is 5.71. The summed E-state index contributed by atoms with van der Waals surface area (Å²) in [6, 6.07) is 10.1. The molecule has 0 saturated heterocycles. The number of ether oxygens (including phenoxy) is 1. The maximum atomic E-state index is 11.4. The van der Waals surface area contributed by atoms with Gasteiger partial charge >= 0.3 is 5.97 Å². The van der Waals surface area contributed by atoms with Crippen LogP contribution in [0, 0.1) is 5.92 Å². The van der Waals surface area contributed by atoms with Gasteiger partial charge in [0.15, 0.2) is 0 Å². The van der Waals surface area contributed by atoms with Crippen LogP contribution in [0.25, 0.3) is 0 Å². The molecule has 3 nitrogen and oxygen atoms in total. The minimum absolute atomic E-state index is 0.206. The van der Waals surface area contributed by atoms with Crippen molar-refractivity contribution >= 4 is 5.97 Å². The van der Waals surface area contributed by atoms with Crippen LogP contribution in [0.3, 0.4) is 0 Å². The fourth-order valence-electron chi connectivity index (χ4n) is 1.76. The molecule has 3 heteroatoms. The van der Waals surface area contributed by atoms with Crippen LogP contribution in [-0.2, 0) is 16.1 Å². The van der Waals surface area contributed by atoms with Gasteiger partial charge in [0.25, 0.3) is 0 Å². The third-order valence-electron chi connectivity index (χ3n) is 2.78. The molecule has 1 unspecified atom stereocenters. The third-order valence-corrected chi connectivity index (χ3v) is 2.78. The molecule has 0 N–H and O–H groups in total. The first-order chi connectivity index (χ1) is 8.65. The van der Waals surface area contributed by atoms with E-state index in [0.717, 1.165) is 13.1 Å². The van der Waals surface area contributed by atoms with Gasteiger partial charge in [-0.3, -0.25) is 9.69 Å². The van der Waals surface area contributed by atoms with E-state index in [1.165, 1.54) is 12.7 Å². The molecule has 0 heterocycles. The van der Waals surface area contributed by atoms with Gasteiger partial charge in [-0.15, -0.1) is 6.58 Å². The Balaban J connectivity index is 2.64. The van der Waals surface area contributed by atoms with Crippen molar-refractivity contribution in [3.8, 4) is 0 Å². The number of nitrogens with zero attached hydrogens (tertiary/aromatic N) is 1. The molecule has 0 saturated carbocycles. The smallest absolute Gasteiger partial charge is 0.319 e. The molecule has 0 aliphatic heterocycles. The van der Waals surface area contributed by atoms with Crippen molar-refractivity contribution in [1.82, 2.24) is 4.90 Å². The van der Waals surface area contributed by atoms with Crippen LogP contribution >= 0.6 is 0 Å². The molecule has 1 aromatic rings. The lowest BCUT2D eigenvalue weighted by atomic mass is 10.1. The standard InChI is InChI=1S/C15H21NO2/c1-4-13(2)10-16(12-15(17)18-3)11-14-8-6-5-7-9-14/h4-9,13H,1,10-12H2,2-3H3. The summed E-state index contributed by atoms with van der Waals surface area (Å²) in [6.45, 7) is 7.72. The minimum atomic E-state index is -0.206. The Morgan fingerprint density at radius 1 is 1.44 bits per heavy atom. The van der Waals surface area contributed by atoms with Crippen molar-refractivity contribution in [3.63, 3.8) is 0 Å². The molecule has 0 aromatic heterocycles. The van der Waals surface area contributed by atoms with Crippen molar-refractivity contribution in [2.24, 2.45) is 5.92 Å². The zero-order valence-electron chi connectivity index (χ0n) is 11.1. The molecule has 1 rings (SSSR count). The molecular formula is C15H21NO2. The zero-order chi connectivity index (χ0) is 13.4. The van der Waals surface area contributed by atoms with Crippen molar-refractivity contribution in [2.75, 3.05) is 20.2 Å². The first-order valence-corrected chi connectivity index (χ1v) is 6.11. The highest BCUT2D eigenvalue weighted by Gasteiger charge is 2.13. The van der Waals surface area contributed by atoms with Crippen molar-refractivity contribution < 1.29 is 9.53 Å². The minimum Gasteiger partial charge on any atom is -0.468 e. The van der Waals surface area contributed by atoms with Crippen LogP contribution < -0.4 is 0 Å². The quantitative estimate of drug-likeness (QED) is 0.547. The average molecular weight is 247 g/mol. The number of rotatable bonds is 7. The Hall–Kier alpha value is -1.61. The molecule has 1 aromatic carbocycles. The highest BCUT2D eigenvalue weighted by atomic mass is 16.5. The van der Waals surface area contributed by atoms with Crippen molar-refractivity contribution in [2.45, 2.75) is 13.5 Å². The predicted octanol–water partition coefficient (Wildman–Crippen LogP) is 2.48. The number of esters is 1. The van der Waals surface area contributed by atoms with Crippen LogP contribution in [0.2, 0.25) is 0 Å². The number of hydrogen-bond donors (Lipinski definition) is 0. The van der Waals surface area contributed by atoms with Crippen LogP contribution in [-0.4, -0.2) is 31.1 Å². The Bertz CT molecular complexity index is 375. The molecule has 0 bridgehead atoms. The van der Waals surface area contributed by atoms with Crippen LogP contribution in [0.1, 0.15) is 12.5 Å². The SMILES string of the molecule is C=CC(C)CN(CC(=O)OC)Cc1ccccc1. The summed E-state index contributed by atoms with van der Waals surface area (Å²) < 4.78 is 4.73. The lowest BCUT2D eigenvalue weighted by Gasteiger charge is -2.23. The summed E-state index contributed by atoms with van der Waals surface area (Å²) >= 11 is 0. The second-order valence-electron chi connectivity index (χ2n) is 4.44. The van der Waals surface area contributed by atoms with Crippen LogP contribution in [0.15, 0.2) is 43.0 Å². The fraction of sp³-hybridized carbons (Fsp3) is 0.400. The van der Waals surface area contributed by atoms with Gasteiger partial charge in [0.2, 0.25) is 0 Å². The molecular weight excluding hydrogens is 226 g/mol. The number of hydrogen-bond acceptors (Lipinski definition) is 3. The fourth-order valence-corrected chi connectivity index (χ4v) is 1.76. The molecule has 18 heavy (non-hydrogen) atoms. The van der Waals surface area contributed by atoms with Crippen molar-refractivity contribution in [3.05, 3.63) is 48.6 Å². The van der Waals surface area contributed by atoms with E-state index in [9.17, 15) is 4.79 Å². The number of carbonyl (C=O) groups is 1. The molecule has 0 fully saturated rings.